The molecule has 0 atom stereocenters. The summed E-state index contributed by atoms with van der Waals surface area (Å²) in [6.07, 6.45) is 6.82. The maximum atomic E-state index is 11.9. The number of H-pyrrole nitrogens is 2. The highest BCUT2D eigenvalue weighted by Gasteiger charge is 2.20. The molecule has 0 amide bonds. The Balaban J connectivity index is 1.76. The first-order chi connectivity index (χ1) is 14.0. The van der Waals surface area contributed by atoms with E-state index in [1.807, 2.05) is 44.3 Å². The number of aromatic amines is 2. The van der Waals surface area contributed by atoms with Crippen molar-refractivity contribution in [3.63, 3.8) is 0 Å². The number of carbonyl (C=O) groups is 1. The van der Waals surface area contributed by atoms with Crippen molar-refractivity contribution in [1.29, 1.82) is 0 Å². The van der Waals surface area contributed by atoms with E-state index in [1.54, 1.807) is 7.11 Å². The van der Waals surface area contributed by atoms with Crippen LogP contribution in [0.2, 0.25) is 0 Å². The Labute approximate surface area is 171 Å². The number of allylic oxidation sites excluding steroid dienone is 2. The standard InChI is InChI=1S/C23H29N3O3/c1-5-6-12-29-23(27)10-9-17-15(2)19(25-16(17)3)13-21-22(28-4)14-20(26-21)18-8-7-11-24-18/h7-8,11,13-14,24,26H,5-6,9-10,12H2,1-4H3/b19-13-. The molecule has 6 heteroatoms. The van der Waals surface area contributed by atoms with Gasteiger partial charge in [0.1, 0.15) is 5.75 Å². The molecule has 0 radical (unpaired) electrons. The van der Waals surface area contributed by atoms with E-state index in [4.69, 9.17) is 14.5 Å². The number of nitrogens with zero attached hydrogens (tertiary/aromatic N) is 1. The summed E-state index contributed by atoms with van der Waals surface area (Å²) in [5.41, 5.74) is 6.84. The summed E-state index contributed by atoms with van der Waals surface area (Å²) in [5, 5.41) is 0. The van der Waals surface area contributed by atoms with Crippen LogP contribution in [0.25, 0.3) is 17.5 Å². The quantitative estimate of drug-likeness (QED) is 0.448. The van der Waals surface area contributed by atoms with Crippen molar-refractivity contribution in [2.45, 2.75) is 46.5 Å². The Morgan fingerprint density at radius 1 is 1.28 bits per heavy atom. The Morgan fingerprint density at radius 3 is 2.79 bits per heavy atom. The minimum absolute atomic E-state index is 0.148. The molecule has 0 unspecified atom stereocenters. The summed E-state index contributed by atoms with van der Waals surface area (Å²) in [7, 11) is 1.66. The van der Waals surface area contributed by atoms with E-state index in [0.29, 0.717) is 19.4 Å². The Hall–Kier alpha value is -3.02. The molecule has 154 valence electrons. The van der Waals surface area contributed by atoms with E-state index in [-0.39, 0.29) is 5.97 Å². The van der Waals surface area contributed by atoms with E-state index in [2.05, 4.69) is 16.9 Å². The lowest BCUT2D eigenvalue weighted by Crippen LogP contribution is -2.07. The summed E-state index contributed by atoms with van der Waals surface area (Å²) in [6.45, 7) is 6.61. The van der Waals surface area contributed by atoms with Crippen LogP contribution in [0.4, 0.5) is 0 Å². The van der Waals surface area contributed by atoms with Gasteiger partial charge in [0.2, 0.25) is 0 Å². The SMILES string of the molecule is CCCCOC(=O)CCC1=C(C)/C(=C/c2[nH]c(-c3ccc[nH]3)cc2OC)N=C1C. The molecule has 1 aliphatic heterocycles. The number of aliphatic imine (C=N–C) groups is 1. The van der Waals surface area contributed by atoms with Crippen molar-refractivity contribution in [2.75, 3.05) is 13.7 Å². The fourth-order valence-corrected chi connectivity index (χ4v) is 3.40. The van der Waals surface area contributed by atoms with E-state index < -0.39 is 0 Å². The van der Waals surface area contributed by atoms with E-state index in [9.17, 15) is 4.79 Å². The third kappa shape index (κ3) is 4.88. The molecule has 0 aliphatic carbocycles. The molecule has 0 bridgehead atoms. The molecule has 3 rings (SSSR count). The second-order valence-electron chi connectivity index (χ2n) is 7.15. The van der Waals surface area contributed by atoms with Gasteiger partial charge in [-0.25, -0.2) is 0 Å². The predicted molar refractivity (Wildman–Crippen MR) is 116 cm³/mol. The summed E-state index contributed by atoms with van der Waals surface area (Å²) < 4.78 is 10.8. The van der Waals surface area contributed by atoms with Gasteiger partial charge in [0.15, 0.2) is 0 Å². The summed E-state index contributed by atoms with van der Waals surface area (Å²) in [5.74, 6) is 0.612. The van der Waals surface area contributed by atoms with Crippen LogP contribution in [0.3, 0.4) is 0 Å². The van der Waals surface area contributed by atoms with Crippen LogP contribution in [-0.4, -0.2) is 35.4 Å². The van der Waals surface area contributed by atoms with Crippen LogP contribution in [0, 0.1) is 0 Å². The molecule has 0 fully saturated rings. The first kappa shape index (κ1) is 20.7. The highest BCUT2D eigenvalue weighted by atomic mass is 16.5. The minimum Gasteiger partial charge on any atom is -0.494 e. The van der Waals surface area contributed by atoms with Crippen LogP contribution in [0.15, 0.2) is 46.2 Å². The molecule has 6 nitrogen and oxygen atoms in total. The van der Waals surface area contributed by atoms with Gasteiger partial charge in [-0.3, -0.25) is 9.79 Å². The second kappa shape index (κ2) is 9.45. The number of aromatic nitrogens is 2. The van der Waals surface area contributed by atoms with Crippen molar-refractivity contribution in [2.24, 2.45) is 4.99 Å². The molecule has 0 spiro atoms. The molecular weight excluding hydrogens is 366 g/mol. The van der Waals surface area contributed by atoms with E-state index in [0.717, 1.165) is 58.2 Å². The lowest BCUT2D eigenvalue weighted by Gasteiger charge is -2.06. The van der Waals surface area contributed by atoms with Gasteiger partial charge < -0.3 is 19.4 Å². The lowest BCUT2D eigenvalue weighted by molar-refractivity contribution is -0.143. The van der Waals surface area contributed by atoms with Gasteiger partial charge in [0, 0.05) is 24.4 Å². The maximum Gasteiger partial charge on any atom is 0.306 e. The highest BCUT2D eigenvalue weighted by molar-refractivity contribution is 6.04. The molecule has 2 N–H and O–H groups in total. The normalized spacial score (nSPS) is 15.2. The van der Waals surface area contributed by atoms with Crippen molar-refractivity contribution in [3.05, 3.63) is 46.9 Å². The molecular formula is C23H29N3O3. The van der Waals surface area contributed by atoms with Gasteiger partial charge in [-0.05, 0) is 56.0 Å². The van der Waals surface area contributed by atoms with Gasteiger partial charge in [-0.15, -0.1) is 0 Å². The fraction of sp³-hybridized carbons (Fsp3) is 0.391. The molecule has 1 aliphatic rings. The van der Waals surface area contributed by atoms with Crippen LogP contribution in [-0.2, 0) is 9.53 Å². The molecule has 29 heavy (non-hydrogen) atoms. The van der Waals surface area contributed by atoms with Gasteiger partial charge in [0.05, 0.1) is 36.5 Å². The second-order valence-corrected chi connectivity index (χ2v) is 7.15. The number of rotatable bonds is 9. The highest BCUT2D eigenvalue weighted by Crippen LogP contribution is 2.33. The first-order valence-corrected chi connectivity index (χ1v) is 10.1. The van der Waals surface area contributed by atoms with Crippen LogP contribution >= 0.6 is 0 Å². The molecule has 2 aromatic rings. The zero-order valence-electron chi connectivity index (χ0n) is 17.6. The number of methoxy groups -OCH3 is 1. The van der Waals surface area contributed by atoms with Crippen molar-refractivity contribution >= 4 is 17.8 Å². The summed E-state index contributed by atoms with van der Waals surface area (Å²) in [6, 6.07) is 5.93. The van der Waals surface area contributed by atoms with Gasteiger partial charge >= 0.3 is 5.97 Å². The smallest absolute Gasteiger partial charge is 0.306 e. The fourth-order valence-electron chi connectivity index (χ4n) is 3.40. The number of hydrogen-bond acceptors (Lipinski definition) is 4. The molecule has 3 heterocycles. The third-order valence-electron chi connectivity index (χ3n) is 5.10. The molecule has 0 saturated heterocycles. The predicted octanol–water partition coefficient (Wildman–Crippen LogP) is 5.27. The topological polar surface area (TPSA) is 79.5 Å². The number of hydrogen-bond donors (Lipinski definition) is 2. The van der Waals surface area contributed by atoms with E-state index >= 15 is 0 Å². The largest absolute Gasteiger partial charge is 0.494 e. The van der Waals surface area contributed by atoms with Gasteiger partial charge in [-0.2, -0.15) is 0 Å². The van der Waals surface area contributed by atoms with Gasteiger partial charge in [-0.1, -0.05) is 13.3 Å². The lowest BCUT2D eigenvalue weighted by atomic mass is 10.0. The van der Waals surface area contributed by atoms with Crippen LogP contribution in [0.1, 0.15) is 52.1 Å². The minimum atomic E-state index is -0.148. The zero-order valence-corrected chi connectivity index (χ0v) is 17.6. The summed E-state index contributed by atoms with van der Waals surface area (Å²) >= 11 is 0. The molecule has 0 aromatic carbocycles. The molecule has 0 saturated carbocycles. The maximum absolute atomic E-state index is 11.9. The first-order valence-electron chi connectivity index (χ1n) is 10.1. The number of carbonyl (C=O) groups excluding carboxylic acids is 1. The third-order valence-corrected chi connectivity index (χ3v) is 5.10. The van der Waals surface area contributed by atoms with Crippen molar-refractivity contribution in [3.8, 4) is 17.1 Å². The van der Waals surface area contributed by atoms with E-state index in [1.165, 1.54) is 0 Å². The zero-order chi connectivity index (χ0) is 20.8. The Bertz CT molecular complexity index is 946. The number of unbranched alkanes of at least 4 members (excludes halogenated alkanes) is 1. The van der Waals surface area contributed by atoms with Crippen molar-refractivity contribution in [1.82, 2.24) is 9.97 Å². The average molecular weight is 396 g/mol. The van der Waals surface area contributed by atoms with Gasteiger partial charge in [0.25, 0.3) is 0 Å². The number of esters is 1. The Morgan fingerprint density at radius 2 is 2.10 bits per heavy atom. The average Bonchev–Trinajstić information content (AvgIpc) is 3.42. The Kier molecular flexibility index (Phi) is 6.75. The number of ether oxygens (including phenoxy) is 2. The van der Waals surface area contributed by atoms with Crippen LogP contribution < -0.4 is 4.74 Å². The summed E-state index contributed by atoms with van der Waals surface area (Å²) in [4.78, 5) is 23.2. The molecule has 2 aromatic heterocycles. The van der Waals surface area contributed by atoms with Crippen LogP contribution in [0.5, 0.6) is 5.75 Å². The monoisotopic (exact) mass is 395 g/mol. The van der Waals surface area contributed by atoms with Crippen molar-refractivity contribution < 1.29 is 14.3 Å². The number of nitrogens with one attached hydrogen (secondary N) is 2.